The van der Waals surface area contributed by atoms with E-state index in [0.717, 1.165) is 6.42 Å². The van der Waals surface area contributed by atoms with Crippen LogP contribution in [0.3, 0.4) is 0 Å². The van der Waals surface area contributed by atoms with E-state index in [2.05, 4.69) is 24.9 Å². The van der Waals surface area contributed by atoms with Gasteiger partial charge < -0.3 is 5.32 Å². The van der Waals surface area contributed by atoms with Gasteiger partial charge in [-0.05, 0) is 18.7 Å². The Kier molecular flexibility index (Phi) is 6.26. The summed E-state index contributed by atoms with van der Waals surface area (Å²) < 4.78 is 0. The summed E-state index contributed by atoms with van der Waals surface area (Å²) >= 11 is 0. The maximum Gasteiger partial charge on any atom is 0.000407 e. The molecule has 0 aromatic rings. The van der Waals surface area contributed by atoms with Crippen molar-refractivity contribution in [2.24, 2.45) is 0 Å². The Morgan fingerprint density at radius 2 is 2.22 bits per heavy atom. The van der Waals surface area contributed by atoms with Crippen LogP contribution in [0.15, 0.2) is 37.2 Å². The van der Waals surface area contributed by atoms with Crippen molar-refractivity contribution < 1.29 is 0 Å². The quantitative estimate of drug-likeness (QED) is 0.565. The van der Waals surface area contributed by atoms with Crippen LogP contribution in [0.5, 0.6) is 0 Å². The summed E-state index contributed by atoms with van der Waals surface area (Å²) in [4.78, 5) is 0. The highest BCUT2D eigenvalue weighted by Gasteiger charge is 1.61. The molecular weight excluding hydrogens is 110 g/mol. The van der Waals surface area contributed by atoms with E-state index in [9.17, 15) is 0 Å². The highest BCUT2D eigenvalue weighted by atomic mass is 14.8. The fourth-order valence-electron chi connectivity index (χ4n) is 0.394. The van der Waals surface area contributed by atoms with Crippen molar-refractivity contribution in [3.63, 3.8) is 0 Å². The Hall–Kier alpha value is -0.980. The standard InChI is InChI=1S/C8H13N/c1-3-5-6-7-8-9-4-2/h4-9H,2-3H2,1H3/b6-5-,8-7+. The fourth-order valence-corrected chi connectivity index (χ4v) is 0.394. The molecule has 1 N–H and O–H groups in total. The Labute approximate surface area is 56.8 Å². The third-order valence-electron chi connectivity index (χ3n) is 0.793. The largest absolute Gasteiger partial charge is 0.368 e. The number of hydrogen-bond acceptors (Lipinski definition) is 1. The van der Waals surface area contributed by atoms with Gasteiger partial charge in [0.15, 0.2) is 0 Å². The van der Waals surface area contributed by atoms with Crippen molar-refractivity contribution in [3.8, 4) is 0 Å². The van der Waals surface area contributed by atoms with Crippen molar-refractivity contribution in [2.45, 2.75) is 13.3 Å². The van der Waals surface area contributed by atoms with Crippen LogP contribution in [0, 0.1) is 0 Å². The van der Waals surface area contributed by atoms with Gasteiger partial charge in [0.05, 0.1) is 0 Å². The molecule has 0 heterocycles. The van der Waals surface area contributed by atoms with Crippen LogP contribution in [-0.4, -0.2) is 0 Å². The first-order valence-electron chi connectivity index (χ1n) is 3.10. The zero-order valence-electron chi connectivity index (χ0n) is 5.80. The van der Waals surface area contributed by atoms with Crippen molar-refractivity contribution in [1.82, 2.24) is 5.32 Å². The minimum atomic E-state index is 1.08. The van der Waals surface area contributed by atoms with Crippen LogP contribution < -0.4 is 5.32 Å². The first kappa shape index (κ1) is 8.02. The smallest absolute Gasteiger partial charge is 0.000407 e. The zero-order chi connectivity index (χ0) is 6.95. The maximum absolute atomic E-state index is 3.49. The predicted molar refractivity (Wildman–Crippen MR) is 41.9 cm³/mol. The molecule has 9 heavy (non-hydrogen) atoms. The third-order valence-corrected chi connectivity index (χ3v) is 0.793. The highest BCUT2D eigenvalue weighted by molar-refractivity contribution is 5.01. The van der Waals surface area contributed by atoms with E-state index in [1.165, 1.54) is 0 Å². The molecule has 0 bridgehead atoms. The van der Waals surface area contributed by atoms with Crippen LogP contribution in [0.2, 0.25) is 0 Å². The first-order chi connectivity index (χ1) is 4.41. The van der Waals surface area contributed by atoms with Gasteiger partial charge in [0.25, 0.3) is 0 Å². The van der Waals surface area contributed by atoms with E-state index in [4.69, 9.17) is 0 Å². The van der Waals surface area contributed by atoms with Gasteiger partial charge in [-0.1, -0.05) is 25.7 Å². The first-order valence-corrected chi connectivity index (χ1v) is 3.10. The molecule has 1 nitrogen and oxygen atoms in total. The van der Waals surface area contributed by atoms with Crippen LogP contribution >= 0.6 is 0 Å². The van der Waals surface area contributed by atoms with Crippen LogP contribution in [0.25, 0.3) is 0 Å². The second-order valence-electron chi connectivity index (χ2n) is 1.57. The number of nitrogens with one attached hydrogen (secondary N) is 1. The van der Waals surface area contributed by atoms with Gasteiger partial charge in [0.2, 0.25) is 0 Å². The minimum absolute atomic E-state index is 1.08. The van der Waals surface area contributed by atoms with Gasteiger partial charge in [-0.25, -0.2) is 0 Å². The van der Waals surface area contributed by atoms with Crippen molar-refractivity contribution >= 4 is 0 Å². The molecule has 0 radical (unpaired) electrons. The van der Waals surface area contributed by atoms with Gasteiger partial charge in [-0.15, -0.1) is 0 Å². The number of hydrogen-bond donors (Lipinski definition) is 1. The van der Waals surface area contributed by atoms with E-state index in [-0.39, 0.29) is 0 Å². The molecule has 0 fully saturated rings. The molecule has 0 aromatic heterocycles. The summed E-state index contributed by atoms with van der Waals surface area (Å²) in [7, 11) is 0. The average Bonchev–Trinajstić information content (AvgIpc) is 1.89. The Morgan fingerprint density at radius 1 is 1.44 bits per heavy atom. The van der Waals surface area contributed by atoms with Gasteiger partial charge >= 0.3 is 0 Å². The molecule has 50 valence electrons. The lowest BCUT2D eigenvalue weighted by atomic mass is 10.4. The van der Waals surface area contributed by atoms with E-state index in [1.807, 2.05) is 18.4 Å². The Balaban J connectivity index is 3.23. The van der Waals surface area contributed by atoms with Gasteiger partial charge in [0.1, 0.15) is 0 Å². The molecular formula is C8H13N. The predicted octanol–water partition coefficient (Wildman–Crippen LogP) is 2.20. The second kappa shape index (κ2) is 7.02. The van der Waals surface area contributed by atoms with E-state index < -0.39 is 0 Å². The van der Waals surface area contributed by atoms with Gasteiger partial charge in [-0.3, -0.25) is 0 Å². The van der Waals surface area contributed by atoms with E-state index in [0.29, 0.717) is 0 Å². The number of rotatable bonds is 4. The SMILES string of the molecule is C=CN/C=C/C=C\CC. The van der Waals surface area contributed by atoms with Crippen molar-refractivity contribution in [1.29, 1.82) is 0 Å². The Bertz CT molecular complexity index is 112. The summed E-state index contributed by atoms with van der Waals surface area (Å²) in [6.07, 6.45) is 10.6. The lowest BCUT2D eigenvalue weighted by Crippen LogP contribution is -1.87. The maximum atomic E-state index is 3.49. The molecule has 0 aliphatic rings. The molecule has 0 atom stereocenters. The molecule has 1 heteroatoms. The summed E-state index contributed by atoms with van der Waals surface area (Å²) in [5.41, 5.74) is 0. The molecule has 0 aliphatic carbocycles. The highest BCUT2D eigenvalue weighted by Crippen LogP contribution is 1.79. The summed E-state index contributed by atoms with van der Waals surface area (Å²) in [5.74, 6) is 0. The van der Waals surface area contributed by atoms with Crippen molar-refractivity contribution in [2.75, 3.05) is 0 Å². The molecule has 0 aliphatic heterocycles. The zero-order valence-corrected chi connectivity index (χ0v) is 5.80. The van der Waals surface area contributed by atoms with Crippen molar-refractivity contribution in [3.05, 3.63) is 37.2 Å². The molecule has 0 saturated carbocycles. The van der Waals surface area contributed by atoms with Crippen LogP contribution in [0.1, 0.15) is 13.3 Å². The lowest BCUT2D eigenvalue weighted by molar-refractivity contribution is 1.20. The monoisotopic (exact) mass is 123 g/mol. The summed E-state index contributed by atoms with van der Waals surface area (Å²) in [6.45, 7) is 5.59. The molecule has 0 saturated heterocycles. The molecule has 0 aromatic carbocycles. The second-order valence-corrected chi connectivity index (χ2v) is 1.57. The normalized spacial score (nSPS) is 10.8. The average molecular weight is 123 g/mol. The third kappa shape index (κ3) is 7.02. The van der Waals surface area contributed by atoms with Gasteiger partial charge in [0, 0.05) is 6.20 Å². The molecule has 0 rings (SSSR count). The van der Waals surface area contributed by atoms with Crippen LogP contribution in [-0.2, 0) is 0 Å². The molecule has 0 unspecified atom stereocenters. The topological polar surface area (TPSA) is 12.0 Å². The Morgan fingerprint density at radius 3 is 2.78 bits per heavy atom. The van der Waals surface area contributed by atoms with Crippen LogP contribution in [0.4, 0.5) is 0 Å². The molecule has 0 spiro atoms. The fraction of sp³-hybridized carbons (Fsp3) is 0.250. The van der Waals surface area contributed by atoms with Gasteiger partial charge in [-0.2, -0.15) is 0 Å². The molecule has 0 amide bonds. The number of allylic oxidation sites excluding steroid dienone is 3. The van der Waals surface area contributed by atoms with E-state index in [1.54, 1.807) is 6.20 Å². The summed E-state index contributed by atoms with van der Waals surface area (Å²) in [5, 5.41) is 2.84. The minimum Gasteiger partial charge on any atom is -0.368 e. The lowest BCUT2D eigenvalue weighted by Gasteiger charge is -1.81. The summed E-state index contributed by atoms with van der Waals surface area (Å²) in [6, 6.07) is 0. The van der Waals surface area contributed by atoms with E-state index >= 15 is 0 Å².